The number of ether oxygens (including phenoxy) is 2. The highest BCUT2D eigenvalue weighted by Crippen LogP contribution is 2.19. The van der Waals surface area contributed by atoms with Gasteiger partial charge in [0.05, 0.1) is 6.61 Å². The molecule has 114 valence electrons. The van der Waals surface area contributed by atoms with Gasteiger partial charge in [0.1, 0.15) is 6.61 Å². The lowest BCUT2D eigenvalue weighted by atomic mass is 10.2. The number of aliphatic imine (C=N–C) groups is 1. The number of nitrogens with zero attached hydrogens (tertiary/aromatic N) is 1. The summed E-state index contributed by atoms with van der Waals surface area (Å²) < 4.78 is 46.5. The van der Waals surface area contributed by atoms with Crippen LogP contribution in [0.5, 0.6) is 0 Å². The minimum atomic E-state index is -5.10. The van der Waals surface area contributed by atoms with Crippen LogP contribution in [0.1, 0.15) is 12.5 Å². The molecule has 0 saturated carbocycles. The molecule has 0 aliphatic rings. The van der Waals surface area contributed by atoms with Crippen molar-refractivity contribution < 1.29 is 32.2 Å². The second kappa shape index (κ2) is 7.41. The number of rotatable bonds is 4. The van der Waals surface area contributed by atoms with Crippen molar-refractivity contribution in [2.24, 2.45) is 4.99 Å². The molecule has 1 aromatic carbocycles. The summed E-state index contributed by atoms with van der Waals surface area (Å²) in [5, 5.41) is 0. The van der Waals surface area contributed by atoms with Crippen molar-refractivity contribution in [1.29, 1.82) is 0 Å². The summed E-state index contributed by atoms with van der Waals surface area (Å²) in [7, 11) is 0. The lowest BCUT2D eigenvalue weighted by Gasteiger charge is -2.09. The molecule has 0 radical (unpaired) electrons. The van der Waals surface area contributed by atoms with Crippen LogP contribution in [0.3, 0.4) is 0 Å². The first-order chi connectivity index (χ1) is 9.84. The molecule has 0 aromatic heterocycles. The maximum atomic E-state index is 12.6. The van der Waals surface area contributed by atoms with Gasteiger partial charge in [0.2, 0.25) is 5.71 Å². The van der Waals surface area contributed by atoms with Crippen LogP contribution in [-0.4, -0.2) is 30.6 Å². The van der Waals surface area contributed by atoms with Crippen molar-refractivity contribution in [3.8, 4) is 0 Å². The van der Waals surface area contributed by atoms with Crippen LogP contribution in [0.25, 0.3) is 0 Å². The second-order valence-electron chi connectivity index (χ2n) is 3.72. The fraction of sp³-hybridized carbons (Fsp3) is 0.308. The van der Waals surface area contributed by atoms with Gasteiger partial charge in [-0.3, -0.25) is 0 Å². The molecule has 8 heteroatoms. The monoisotopic (exact) mass is 303 g/mol. The van der Waals surface area contributed by atoms with E-state index in [9.17, 15) is 22.8 Å². The van der Waals surface area contributed by atoms with E-state index in [2.05, 4.69) is 14.5 Å². The quantitative estimate of drug-likeness (QED) is 0.633. The van der Waals surface area contributed by atoms with Gasteiger partial charge in [0.25, 0.3) is 0 Å². The van der Waals surface area contributed by atoms with E-state index in [1.807, 2.05) is 0 Å². The molecule has 0 unspecified atom stereocenters. The van der Waals surface area contributed by atoms with E-state index in [1.54, 1.807) is 30.3 Å². The van der Waals surface area contributed by atoms with Crippen LogP contribution in [0, 0.1) is 0 Å². The Hall–Kier alpha value is -2.38. The minimum absolute atomic E-state index is 0.253. The van der Waals surface area contributed by atoms with E-state index in [4.69, 9.17) is 0 Å². The number of alkyl halides is 3. The Morgan fingerprint density at radius 3 is 2.29 bits per heavy atom. The molecule has 0 aliphatic carbocycles. The Balaban J connectivity index is 2.75. The predicted octanol–water partition coefficient (Wildman–Crippen LogP) is 2.89. The molecule has 5 nitrogen and oxygen atoms in total. The Kier molecular flexibility index (Phi) is 5.89. The highest BCUT2D eigenvalue weighted by atomic mass is 19.4. The summed E-state index contributed by atoms with van der Waals surface area (Å²) in [6.45, 7) is 0.809. The SMILES string of the molecule is CCOC(=O)/C(=N/C(=O)OCc1ccccc1)C(F)(F)F. The summed E-state index contributed by atoms with van der Waals surface area (Å²) in [4.78, 5) is 25.0. The number of carbonyl (C=O) groups excluding carboxylic acids is 2. The molecular weight excluding hydrogens is 291 g/mol. The maximum Gasteiger partial charge on any atom is 0.440 e. The Morgan fingerprint density at radius 2 is 1.76 bits per heavy atom. The molecule has 0 fully saturated rings. The average molecular weight is 303 g/mol. The first-order valence-corrected chi connectivity index (χ1v) is 5.88. The molecule has 0 N–H and O–H groups in total. The Morgan fingerprint density at radius 1 is 1.14 bits per heavy atom. The number of amides is 1. The van der Waals surface area contributed by atoms with Crippen LogP contribution >= 0.6 is 0 Å². The largest absolute Gasteiger partial charge is 0.461 e. The third-order valence-electron chi connectivity index (χ3n) is 2.15. The van der Waals surface area contributed by atoms with Crippen LogP contribution in [0.15, 0.2) is 35.3 Å². The standard InChI is InChI=1S/C13H12F3NO4/c1-2-20-11(18)10(13(14,15)16)17-12(19)21-8-9-6-4-3-5-7-9/h3-7H,2,8H2,1H3/b17-10-. The highest BCUT2D eigenvalue weighted by molar-refractivity contribution is 6.40. The molecular formula is C13H12F3NO4. The second-order valence-corrected chi connectivity index (χ2v) is 3.72. The molecule has 0 heterocycles. The maximum absolute atomic E-state index is 12.6. The van der Waals surface area contributed by atoms with Crippen molar-refractivity contribution >= 4 is 17.8 Å². The van der Waals surface area contributed by atoms with Crippen molar-refractivity contribution in [2.75, 3.05) is 6.61 Å². The van der Waals surface area contributed by atoms with Crippen LogP contribution in [-0.2, 0) is 20.9 Å². The molecule has 0 spiro atoms. The number of benzene rings is 1. The van der Waals surface area contributed by atoms with Crippen LogP contribution in [0.2, 0.25) is 0 Å². The number of hydrogen-bond donors (Lipinski definition) is 0. The normalized spacial score (nSPS) is 11.9. The summed E-state index contributed by atoms with van der Waals surface area (Å²) in [5.41, 5.74) is -1.37. The van der Waals surface area contributed by atoms with Gasteiger partial charge in [-0.05, 0) is 12.5 Å². The number of hydrogen-bond acceptors (Lipinski definition) is 4. The van der Waals surface area contributed by atoms with Crippen molar-refractivity contribution in [2.45, 2.75) is 19.7 Å². The smallest absolute Gasteiger partial charge is 0.440 e. The van der Waals surface area contributed by atoms with Gasteiger partial charge in [0.15, 0.2) is 0 Å². The van der Waals surface area contributed by atoms with Gasteiger partial charge in [-0.2, -0.15) is 18.2 Å². The zero-order valence-corrected chi connectivity index (χ0v) is 11.0. The number of carbonyl (C=O) groups is 2. The fourth-order valence-corrected chi connectivity index (χ4v) is 1.27. The zero-order valence-electron chi connectivity index (χ0n) is 11.0. The lowest BCUT2D eigenvalue weighted by Crippen LogP contribution is -2.33. The topological polar surface area (TPSA) is 65.0 Å². The molecule has 0 bridgehead atoms. The molecule has 21 heavy (non-hydrogen) atoms. The number of esters is 1. The van der Waals surface area contributed by atoms with Gasteiger partial charge < -0.3 is 9.47 Å². The summed E-state index contributed by atoms with van der Waals surface area (Å²) in [5.74, 6) is -1.72. The number of halogens is 3. The van der Waals surface area contributed by atoms with Gasteiger partial charge in [-0.25, -0.2) is 9.59 Å². The predicted molar refractivity (Wildman–Crippen MR) is 66.8 cm³/mol. The van der Waals surface area contributed by atoms with Crippen molar-refractivity contribution in [1.82, 2.24) is 0 Å². The van der Waals surface area contributed by atoms with Gasteiger partial charge in [-0.15, -0.1) is 0 Å². The van der Waals surface area contributed by atoms with E-state index in [-0.39, 0.29) is 13.2 Å². The highest BCUT2D eigenvalue weighted by Gasteiger charge is 2.43. The van der Waals surface area contributed by atoms with E-state index in [0.717, 1.165) is 0 Å². The fourth-order valence-electron chi connectivity index (χ4n) is 1.27. The van der Waals surface area contributed by atoms with E-state index < -0.39 is 24.0 Å². The van der Waals surface area contributed by atoms with E-state index in [0.29, 0.717) is 5.56 Å². The van der Waals surface area contributed by atoms with Crippen LogP contribution in [0.4, 0.5) is 18.0 Å². The summed E-state index contributed by atoms with van der Waals surface area (Å²) in [6, 6.07) is 8.31. The van der Waals surface area contributed by atoms with E-state index in [1.165, 1.54) is 6.92 Å². The zero-order chi connectivity index (χ0) is 15.9. The molecule has 1 aromatic rings. The van der Waals surface area contributed by atoms with Crippen LogP contribution < -0.4 is 0 Å². The summed E-state index contributed by atoms with van der Waals surface area (Å²) >= 11 is 0. The third-order valence-corrected chi connectivity index (χ3v) is 2.15. The Labute approximate surface area is 118 Å². The lowest BCUT2D eigenvalue weighted by molar-refractivity contribution is -0.139. The van der Waals surface area contributed by atoms with E-state index >= 15 is 0 Å². The molecule has 1 rings (SSSR count). The average Bonchev–Trinajstić information content (AvgIpc) is 2.42. The van der Waals surface area contributed by atoms with Gasteiger partial charge in [0, 0.05) is 0 Å². The first-order valence-electron chi connectivity index (χ1n) is 5.88. The van der Waals surface area contributed by atoms with Gasteiger partial charge >= 0.3 is 18.2 Å². The molecule has 0 atom stereocenters. The van der Waals surface area contributed by atoms with Gasteiger partial charge in [-0.1, -0.05) is 30.3 Å². The molecule has 1 amide bonds. The molecule has 0 aliphatic heterocycles. The molecule has 0 saturated heterocycles. The minimum Gasteiger partial charge on any atom is -0.461 e. The van der Waals surface area contributed by atoms with Crippen molar-refractivity contribution in [3.05, 3.63) is 35.9 Å². The first kappa shape index (κ1) is 16.7. The Bertz CT molecular complexity index is 526. The third kappa shape index (κ3) is 5.64. The van der Waals surface area contributed by atoms with Crippen molar-refractivity contribution in [3.63, 3.8) is 0 Å². The summed E-state index contributed by atoms with van der Waals surface area (Å²) in [6.07, 6.45) is -6.61.